The van der Waals surface area contributed by atoms with Crippen LogP contribution in [0.2, 0.25) is 5.02 Å². The fourth-order valence-corrected chi connectivity index (χ4v) is 0.909. The maximum absolute atomic E-state index is 5.71. The number of nitrogens with zero attached hydrogens (tertiary/aromatic N) is 1. The Kier molecular flexibility index (Phi) is 5.20. The molecule has 0 saturated carbocycles. The van der Waals surface area contributed by atoms with Gasteiger partial charge in [-0.2, -0.15) is 0 Å². The van der Waals surface area contributed by atoms with Gasteiger partial charge in [0.2, 0.25) is 0 Å². The maximum Gasteiger partial charge on any atom is 0.0556 e. The third-order valence-electron chi connectivity index (χ3n) is 1.14. The van der Waals surface area contributed by atoms with E-state index in [9.17, 15) is 0 Å². The molecule has 1 heterocycles. The van der Waals surface area contributed by atoms with E-state index in [1.807, 2.05) is 13.1 Å². The van der Waals surface area contributed by atoms with Crippen LogP contribution in [-0.2, 0) is 6.54 Å². The molecule has 1 rings (SSSR count). The second-order valence-corrected chi connectivity index (χ2v) is 2.43. The first-order valence-corrected chi connectivity index (χ1v) is 3.46. The summed E-state index contributed by atoms with van der Waals surface area (Å²) in [6, 6.07) is 3.61. The molecule has 0 fully saturated rings. The molecule has 0 amide bonds. The van der Waals surface area contributed by atoms with Crippen molar-refractivity contribution in [2.75, 3.05) is 7.05 Å². The van der Waals surface area contributed by atoms with Gasteiger partial charge in [-0.3, -0.25) is 4.98 Å². The Morgan fingerprint density at radius 3 is 2.91 bits per heavy atom. The van der Waals surface area contributed by atoms with Gasteiger partial charge < -0.3 is 5.32 Å². The molecule has 0 aliphatic carbocycles. The van der Waals surface area contributed by atoms with E-state index in [2.05, 4.69) is 10.3 Å². The molecule has 2 nitrogen and oxygen atoms in total. The third-order valence-corrected chi connectivity index (χ3v) is 1.37. The Bertz CT molecular complexity index is 215. The Hall–Kier alpha value is -0.310. The standard InChI is InChI=1S/C7H9ClN2.ClH/c1-9-5-7-4-6(8)2-3-10-7;/h2-4,9H,5H2,1H3;1H. The van der Waals surface area contributed by atoms with Crippen LogP contribution in [0, 0.1) is 0 Å². The van der Waals surface area contributed by atoms with Gasteiger partial charge >= 0.3 is 0 Å². The van der Waals surface area contributed by atoms with Gasteiger partial charge in [-0.1, -0.05) is 11.6 Å². The number of aromatic nitrogens is 1. The van der Waals surface area contributed by atoms with Gasteiger partial charge in [0.05, 0.1) is 5.69 Å². The lowest BCUT2D eigenvalue weighted by Gasteiger charge is -1.97. The topological polar surface area (TPSA) is 24.9 Å². The van der Waals surface area contributed by atoms with E-state index in [-0.39, 0.29) is 12.4 Å². The Morgan fingerprint density at radius 2 is 2.36 bits per heavy atom. The highest BCUT2D eigenvalue weighted by Gasteiger charge is 1.91. The van der Waals surface area contributed by atoms with Gasteiger partial charge in [0.1, 0.15) is 0 Å². The van der Waals surface area contributed by atoms with Crippen LogP contribution >= 0.6 is 24.0 Å². The van der Waals surface area contributed by atoms with Gasteiger partial charge in [-0.25, -0.2) is 0 Å². The number of nitrogens with one attached hydrogen (secondary N) is 1. The van der Waals surface area contributed by atoms with E-state index in [1.54, 1.807) is 12.3 Å². The van der Waals surface area contributed by atoms with Crippen molar-refractivity contribution >= 4 is 24.0 Å². The smallest absolute Gasteiger partial charge is 0.0556 e. The van der Waals surface area contributed by atoms with E-state index in [0.717, 1.165) is 17.3 Å². The highest BCUT2D eigenvalue weighted by Crippen LogP contribution is 2.06. The fraction of sp³-hybridized carbons (Fsp3) is 0.286. The van der Waals surface area contributed by atoms with Crippen molar-refractivity contribution in [3.63, 3.8) is 0 Å². The van der Waals surface area contributed by atoms with Crippen LogP contribution in [0.25, 0.3) is 0 Å². The van der Waals surface area contributed by atoms with Gasteiger partial charge in [-0.15, -0.1) is 12.4 Å². The molecule has 62 valence electrons. The molecule has 0 saturated heterocycles. The van der Waals surface area contributed by atoms with Crippen molar-refractivity contribution in [1.82, 2.24) is 10.3 Å². The Balaban J connectivity index is 0.000001000. The lowest BCUT2D eigenvalue weighted by molar-refractivity contribution is 0.791. The molecule has 0 radical (unpaired) electrons. The van der Waals surface area contributed by atoms with Crippen LogP contribution in [0.4, 0.5) is 0 Å². The summed E-state index contributed by atoms with van der Waals surface area (Å²) in [5.41, 5.74) is 0.968. The van der Waals surface area contributed by atoms with Crippen LogP contribution in [0.5, 0.6) is 0 Å². The predicted octanol–water partition coefficient (Wildman–Crippen LogP) is 1.88. The van der Waals surface area contributed by atoms with Crippen LogP contribution in [0.3, 0.4) is 0 Å². The highest BCUT2D eigenvalue weighted by atomic mass is 35.5. The zero-order valence-electron chi connectivity index (χ0n) is 6.17. The van der Waals surface area contributed by atoms with Crippen molar-refractivity contribution < 1.29 is 0 Å². The van der Waals surface area contributed by atoms with Gasteiger partial charge in [0.25, 0.3) is 0 Å². The molecule has 0 aromatic carbocycles. The quantitative estimate of drug-likeness (QED) is 0.775. The van der Waals surface area contributed by atoms with E-state index < -0.39 is 0 Å². The molecule has 0 atom stereocenters. The molecule has 0 aliphatic rings. The summed E-state index contributed by atoms with van der Waals surface area (Å²) in [5, 5.41) is 3.73. The molecule has 0 bridgehead atoms. The zero-order chi connectivity index (χ0) is 7.40. The molecule has 1 N–H and O–H groups in total. The van der Waals surface area contributed by atoms with E-state index >= 15 is 0 Å². The summed E-state index contributed by atoms with van der Waals surface area (Å²) >= 11 is 5.71. The SMILES string of the molecule is CNCc1cc(Cl)ccn1.Cl. The van der Waals surface area contributed by atoms with Crippen LogP contribution in [0.1, 0.15) is 5.69 Å². The number of hydrogen-bond acceptors (Lipinski definition) is 2. The average Bonchev–Trinajstić information content (AvgIpc) is 1.88. The highest BCUT2D eigenvalue weighted by molar-refractivity contribution is 6.30. The molecule has 1 aromatic heterocycles. The summed E-state index contributed by atoms with van der Waals surface area (Å²) in [5.74, 6) is 0. The van der Waals surface area contributed by atoms with Crippen molar-refractivity contribution in [3.8, 4) is 0 Å². The molecule has 4 heteroatoms. The maximum atomic E-state index is 5.71. The fourth-order valence-electron chi connectivity index (χ4n) is 0.727. The van der Waals surface area contributed by atoms with Crippen molar-refractivity contribution in [3.05, 3.63) is 29.0 Å². The number of halogens is 2. The third kappa shape index (κ3) is 3.56. The minimum absolute atomic E-state index is 0. The number of pyridine rings is 1. The summed E-state index contributed by atoms with van der Waals surface area (Å²) in [6.45, 7) is 0.764. The lowest BCUT2D eigenvalue weighted by atomic mass is 10.3. The Labute approximate surface area is 77.4 Å². The largest absolute Gasteiger partial charge is 0.314 e. The monoisotopic (exact) mass is 192 g/mol. The average molecular weight is 193 g/mol. The zero-order valence-corrected chi connectivity index (χ0v) is 7.75. The van der Waals surface area contributed by atoms with Gasteiger partial charge in [0.15, 0.2) is 0 Å². The second-order valence-electron chi connectivity index (χ2n) is 2.00. The number of rotatable bonds is 2. The van der Waals surface area contributed by atoms with Gasteiger partial charge in [-0.05, 0) is 19.2 Å². The van der Waals surface area contributed by atoms with Crippen molar-refractivity contribution in [1.29, 1.82) is 0 Å². The minimum Gasteiger partial charge on any atom is -0.314 e. The van der Waals surface area contributed by atoms with Gasteiger partial charge in [0, 0.05) is 17.8 Å². The van der Waals surface area contributed by atoms with Crippen molar-refractivity contribution in [2.24, 2.45) is 0 Å². The van der Waals surface area contributed by atoms with Crippen LogP contribution in [-0.4, -0.2) is 12.0 Å². The molecule has 1 aromatic rings. The summed E-state index contributed by atoms with van der Waals surface area (Å²) < 4.78 is 0. The first-order valence-electron chi connectivity index (χ1n) is 3.08. The molecule has 0 aliphatic heterocycles. The van der Waals surface area contributed by atoms with Crippen LogP contribution in [0.15, 0.2) is 18.3 Å². The van der Waals surface area contributed by atoms with E-state index in [0.29, 0.717) is 0 Å². The summed E-state index contributed by atoms with van der Waals surface area (Å²) in [7, 11) is 1.88. The Morgan fingerprint density at radius 1 is 1.64 bits per heavy atom. The van der Waals surface area contributed by atoms with E-state index in [1.165, 1.54) is 0 Å². The summed E-state index contributed by atoms with van der Waals surface area (Å²) in [4.78, 5) is 4.08. The minimum atomic E-state index is 0. The first-order chi connectivity index (χ1) is 4.83. The van der Waals surface area contributed by atoms with Crippen LogP contribution < -0.4 is 5.32 Å². The lowest BCUT2D eigenvalue weighted by Crippen LogP contribution is -2.06. The first kappa shape index (κ1) is 10.7. The molecular formula is C7H10Cl2N2. The summed E-state index contributed by atoms with van der Waals surface area (Å²) in [6.07, 6.45) is 1.70. The second kappa shape index (κ2) is 5.35. The number of hydrogen-bond donors (Lipinski definition) is 1. The molecule has 0 unspecified atom stereocenters. The molecular weight excluding hydrogens is 183 g/mol. The predicted molar refractivity (Wildman–Crippen MR) is 49.3 cm³/mol. The normalized spacial score (nSPS) is 8.91. The van der Waals surface area contributed by atoms with E-state index in [4.69, 9.17) is 11.6 Å². The molecule has 0 spiro atoms. The van der Waals surface area contributed by atoms with Crippen molar-refractivity contribution in [2.45, 2.75) is 6.54 Å². The molecule has 11 heavy (non-hydrogen) atoms.